The SMILES string of the molecule is CCn1ccnc1-c1cc(OC)c(OC(C)C)c([N+](=O)[O-])c1. The second-order valence-corrected chi connectivity index (χ2v) is 4.99. The minimum Gasteiger partial charge on any atom is -0.493 e. The fraction of sp³-hybridized carbons (Fsp3) is 0.400. The van der Waals surface area contributed by atoms with Crippen molar-refractivity contribution in [2.45, 2.75) is 33.4 Å². The zero-order chi connectivity index (χ0) is 16.3. The lowest BCUT2D eigenvalue weighted by Gasteiger charge is -2.15. The maximum absolute atomic E-state index is 11.4. The first kappa shape index (κ1) is 15.8. The van der Waals surface area contributed by atoms with Crippen LogP contribution in [0.1, 0.15) is 20.8 Å². The highest BCUT2D eigenvalue weighted by Crippen LogP contribution is 2.41. The van der Waals surface area contributed by atoms with Gasteiger partial charge in [-0.25, -0.2) is 4.98 Å². The van der Waals surface area contributed by atoms with E-state index >= 15 is 0 Å². The smallest absolute Gasteiger partial charge is 0.315 e. The van der Waals surface area contributed by atoms with Crippen LogP contribution in [0, 0.1) is 10.1 Å². The fourth-order valence-corrected chi connectivity index (χ4v) is 2.18. The van der Waals surface area contributed by atoms with E-state index in [4.69, 9.17) is 9.47 Å². The fourth-order valence-electron chi connectivity index (χ4n) is 2.18. The van der Waals surface area contributed by atoms with Crippen molar-refractivity contribution < 1.29 is 14.4 Å². The third-order valence-corrected chi connectivity index (χ3v) is 3.12. The van der Waals surface area contributed by atoms with Gasteiger partial charge in [-0.15, -0.1) is 0 Å². The van der Waals surface area contributed by atoms with E-state index in [-0.39, 0.29) is 17.5 Å². The maximum atomic E-state index is 11.4. The molecule has 0 amide bonds. The molecular formula is C15H19N3O4. The van der Waals surface area contributed by atoms with Crippen molar-refractivity contribution in [3.63, 3.8) is 0 Å². The Hall–Kier alpha value is -2.57. The molecule has 7 nitrogen and oxygen atoms in total. The first-order valence-corrected chi connectivity index (χ1v) is 7.02. The summed E-state index contributed by atoms with van der Waals surface area (Å²) in [4.78, 5) is 15.2. The molecule has 1 aromatic heterocycles. The van der Waals surface area contributed by atoms with Crippen molar-refractivity contribution in [3.05, 3.63) is 34.6 Å². The number of rotatable bonds is 6. The van der Waals surface area contributed by atoms with E-state index in [1.165, 1.54) is 13.2 Å². The molecule has 0 spiro atoms. The number of nitro groups is 1. The number of hydrogen-bond donors (Lipinski definition) is 0. The number of hydrogen-bond acceptors (Lipinski definition) is 5. The summed E-state index contributed by atoms with van der Waals surface area (Å²) in [6.45, 7) is 6.31. The van der Waals surface area contributed by atoms with E-state index in [0.717, 1.165) is 6.54 Å². The summed E-state index contributed by atoms with van der Waals surface area (Å²) in [5, 5.41) is 11.4. The lowest BCUT2D eigenvalue weighted by Crippen LogP contribution is -2.09. The summed E-state index contributed by atoms with van der Waals surface area (Å²) in [5.74, 6) is 1.12. The van der Waals surface area contributed by atoms with E-state index in [9.17, 15) is 10.1 Å². The number of ether oxygens (including phenoxy) is 2. The van der Waals surface area contributed by atoms with Crippen molar-refractivity contribution in [2.24, 2.45) is 0 Å². The molecule has 0 aliphatic heterocycles. The van der Waals surface area contributed by atoms with Crippen molar-refractivity contribution in [1.29, 1.82) is 0 Å². The topological polar surface area (TPSA) is 79.4 Å². The number of methoxy groups -OCH3 is 1. The quantitative estimate of drug-likeness (QED) is 0.604. The van der Waals surface area contributed by atoms with Gasteiger partial charge in [0.05, 0.1) is 18.1 Å². The third-order valence-electron chi connectivity index (χ3n) is 3.12. The van der Waals surface area contributed by atoms with E-state index in [0.29, 0.717) is 17.1 Å². The van der Waals surface area contributed by atoms with Gasteiger partial charge in [-0.05, 0) is 26.8 Å². The molecule has 22 heavy (non-hydrogen) atoms. The molecule has 0 atom stereocenters. The van der Waals surface area contributed by atoms with E-state index in [1.54, 1.807) is 26.1 Å². The summed E-state index contributed by atoms with van der Waals surface area (Å²) in [7, 11) is 1.46. The predicted octanol–water partition coefficient (Wildman–Crippen LogP) is 3.27. The van der Waals surface area contributed by atoms with Gasteiger partial charge in [0.1, 0.15) is 5.82 Å². The van der Waals surface area contributed by atoms with Crippen LogP contribution >= 0.6 is 0 Å². The molecule has 118 valence electrons. The molecular weight excluding hydrogens is 286 g/mol. The average Bonchev–Trinajstić information content (AvgIpc) is 2.95. The Kier molecular flexibility index (Phi) is 4.65. The molecule has 0 bridgehead atoms. The third kappa shape index (κ3) is 3.03. The molecule has 2 aromatic rings. The molecule has 0 aliphatic carbocycles. The number of nitro benzene ring substituents is 1. The van der Waals surface area contributed by atoms with Gasteiger partial charge in [0, 0.05) is 30.6 Å². The van der Waals surface area contributed by atoms with Crippen LogP contribution in [0.2, 0.25) is 0 Å². The minimum atomic E-state index is -0.469. The summed E-state index contributed by atoms with van der Waals surface area (Å²) in [6, 6.07) is 3.17. The largest absolute Gasteiger partial charge is 0.493 e. The van der Waals surface area contributed by atoms with Crippen LogP contribution in [-0.4, -0.2) is 27.7 Å². The molecule has 0 saturated heterocycles. The number of aryl methyl sites for hydroxylation is 1. The molecule has 0 saturated carbocycles. The molecule has 2 rings (SSSR count). The molecule has 7 heteroatoms. The van der Waals surface area contributed by atoms with Gasteiger partial charge < -0.3 is 14.0 Å². The van der Waals surface area contributed by atoms with E-state index in [1.807, 2.05) is 17.7 Å². The van der Waals surface area contributed by atoms with Crippen molar-refractivity contribution >= 4 is 5.69 Å². The van der Waals surface area contributed by atoms with Crippen LogP contribution < -0.4 is 9.47 Å². The number of benzene rings is 1. The molecule has 0 unspecified atom stereocenters. The average molecular weight is 305 g/mol. The van der Waals surface area contributed by atoms with Crippen LogP contribution in [-0.2, 0) is 6.54 Å². The number of nitrogens with zero attached hydrogens (tertiary/aromatic N) is 3. The normalized spacial score (nSPS) is 10.8. The maximum Gasteiger partial charge on any atom is 0.315 e. The van der Waals surface area contributed by atoms with Crippen molar-refractivity contribution in [2.75, 3.05) is 7.11 Å². The van der Waals surface area contributed by atoms with Crippen LogP contribution in [0.25, 0.3) is 11.4 Å². The Morgan fingerprint density at radius 2 is 2.14 bits per heavy atom. The van der Waals surface area contributed by atoms with E-state index in [2.05, 4.69) is 4.98 Å². The molecule has 0 radical (unpaired) electrons. The first-order valence-electron chi connectivity index (χ1n) is 7.02. The highest BCUT2D eigenvalue weighted by Gasteiger charge is 2.24. The highest BCUT2D eigenvalue weighted by atomic mass is 16.6. The van der Waals surface area contributed by atoms with Gasteiger partial charge in [0.15, 0.2) is 5.75 Å². The second kappa shape index (κ2) is 6.46. The summed E-state index contributed by atoms with van der Waals surface area (Å²) >= 11 is 0. The highest BCUT2D eigenvalue weighted by molar-refractivity contribution is 5.69. The summed E-state index contributed by atoms with van der Waals surface area (Å²) in [6.07, 6.45) is 3.29. The van der Waals surface area contributed by atoms with Crippen molar-refractivity contribution in [3.8, 4) is 22.9 Å². The van der Waals surface area contributed by atoms with Gasteiger partial charge in [-0.3, -0.25) is 10.1 Å². The Labute approximate surface area is 128 Å². The summed E-state index contributed by atoms with van der Waals surface area (Å²) < 4.78 is 12.8. The lowest BCUT2D eigenvalue weighted by atomic mass is 10.1. The molecule has 0 fully saturated rings. The summed E-state index contributed by atoms with van der Waals surface area (Å²) in [5.41, 5.74) is 0.486. The van der Waals surface area contributed by atoms with Gasteiger partial charge in [-0.1, -0.05) is 0 Å². The van der Waals surface area contributed by atoms with Gasteiger partial charge in [0.25, 0.3) is 0 Å². The Balaban J connectivity index is 2.64. The predicted molar refractivity (Wildman–Crippen MR) is 82.3 cm³/mol. The Morgan fingerprint density at radius 3 is 2.68 bits per heavy atom. The zero-order valence-corrected chi connectivity index (χ0v) is 13.1. The number of aromatic nitrogens is 2. The molecule has 1 aromatic carbocycles. The Morgan fingerprint density at radius 1 is 1.41 bits per heavy atom. The molecule has 0 N–H and O–H groups in total. The van der Waals surface area contributed by atoms with Crippen LogP contribution in [0.15, 0.2) is 24.5 Å². The first-order chi connectivity index (χ1) is 10.5. The standard InChI is InChI=1S/C15H19N3O4/c1-5-17-7-6-16-15(17)11-8-12(18(19)20)14(22-10(2)3)13(9-11)21-4/h6-10H,5H2,1-4H3. The number of imidazole rings is 1. The van der Waals surface area contributed by atoms with Gasteiger partial charge in [0.2, 0.25) is 5.75 Å². The van der Waals surface area contributed by atoms with E-state index < -0.39 is 4.92 Å². The van der Waals surface area contributed by atoms with Crippen LogP contribution in [0.5, 0.6) is 11.5 Å². The van der Waals surface area contributed by atoms with Gasteiger partial charge in [-0.2, -0.15) is 0 Å². The molecule has 1 heterocycles. The monoisotopic (exact) mass is 305 g/mol. The second-order valence-electron chi connectivity index (χ2n) is 4.99. The van der Waals surface area contributed by atoms with Crippen molar-refractivity contribution in [1.82, 2.24) is 9.55 Å². The van der Waals surface area contributed by atoms with Crippen LogP contribution in [0.3, 0.4) is 0 Å². The Bertz CT molecular complexity index is 679. The van der Waals surface area contributed by atoms with Gasteiger partial charge >= 0.3 is 5.69 Å². The molecule has 0 aliphatic rings. The minimum absolute atomic E-state index is 0.131. The zero-order valence-electron chi connectivity index (χ0n) is 13.1. The lowest BCUT2D eigenvalue weighted by molar-refractivity contribution is -0.386. The van der Waals surface area contributed by atoms with Crippen LogP contribution in [0.4, 0.5) is 5.69 Å².